The first-order valence-corrected chi connectivity index (χ1v) is 9.44. The summed E-state index contributed by atoms with van der Waals surface area (Å²) in [6, 6.07) is 3.77. The van der Waals surface area contributed by atoms with Crippen LogP contribution in [-0.2, 0) is 0 Å². The normalized spacial score (nSPS) is 13.0. The van der Waals surface area contributed by atoms with Crippen LogP contribution < -0.4 is 0 Å². The highest BCUT2D eigenvalue weighted by Crippen LogP contribution is 2.39. The van der Waals surface area contributed by atoms with Gasteiger partial charge < -0.3 is 5.11 Å². The summed E-state index contributed by atoms with van der Waals surface area (Å²) in [6.45, 7) is 16.5. The third-order valence-corrected chi connectivity index (χ3v) is 4.53. The van der Waals surface area contributed by atoms with Crippen LogP contribution in [0.4, 0.5) is 0 Å². The van der Waals surface area contributed by atoms with Crippen molar-refractivity contribution < 1.29 is 9.90 Å². The van der Waals surface area contributed by atoms with Crippen molar-refractivity contribution >= 4 is 28.4 Å². The minimum atomic E-state index is -0.426. The summed E-state index contributed by atoms with van der Waals surface area (Å²) >= 11 is 2.40. The van der Waals surface area contributed by atoms with Crippen molar-refractivity contribution in [3.8, 4) is 5.75 Å². The molecule has 130 valence electrons. The van der Waals surface area contributed by atoms with Crippen molar-refractivity contribution in [3.63, 3.8) is 0 Å². The van der Waals surface area contributed by atoms with Crippen LogP contribution in [0, 0.1) is 5.41 Å². The molecule has 1 N–H and O–H groups in total. The molecule has 0 aliphatic rings. The molecular formula is C20H31IO2. The molecule has 0 aromatic heterocycles. The summed E-state index contributed by atoms with van der Waals surface area (Å²) in [5.41, 5.74) is 2.03. The Morgan fingerprint density at radius 1 is 1.04 bits per heavy atom. The lowest BCUT2D eigenvalue weighted by molar-refractivity contribution is 0.0817. The van der Waals surface area contributed by atoms with Crippen LogP contribution in [0.5, 0.6) is 5.75 Å². The van der Waals surface area contributed by atoms with Gasteiger partial charge in [0.15, 0.2) is 5.78 Å². The van der Waals surface area contributed by atoms with Crippen molar-refractivity contribution in [2.45, 2.75) is 77.1 Å². The highest BCUT2D eigenvalue weighted by Gasteiger charge is 2.34. The molecule has 3 heteroatoms. The highest BCUT2D eigenvalue weighted by molar-refractivity contribution is 14.1. The van der Waals surface area contributed by atoms with Crippen LogP contribution in [0.3, 0.4) is 0 Å². The average molecular weight is 430 g/mol. The van der Waals surface area contributed by atoms with Crippen LogP contribution in [0.15, 0.2) is 12.1 Å². The van der Waals surface area contributed by atoms with Crippen molar-refractivity contribution in [3.05, 3.63) is 28.8 Å². The van der Waals surface area contributed by atoms with Crippen LogP contribution in [0.25, 0.3) is 0 Å². The second-order valence-electron chi connectivity index (χ2n) is 8.42. The molecule has 23 heavy (non-hydrogen) atoms. The highest BCUT2D eigenvalue weighted by atomic mass is 127. The number of carbonyl (C=O) groups excluding carboxylic acids is 1. The third kappa shape index (κ3) is 5.20. The Morgan fingerprint density at radius 3 is 1.74 bits per heavy atom. The van der Waals surface area contributed by atoms with Crippen molar-refractivity contribution in [1.29, 1.82) is 0 Å². The molecule has 0 spiro atoms. The first-order valence-electron chi connectivity index (χ1n) is 8.37. The molecule has 0 atom stereocenters. The average Bonchev–Trinajstić information content (AvgIpc) is 2.34. The topological polar surface area (TPSA) is 37.3 Å². The molecule has 0 unspecified atom stereocenters. The third-order valence-electron chi connectivity index (χ3n) is 4.15. The molecule has 1 aromatic rings. The maximum absolute atomic E-state index is 13.1. The molecule has 0 aliphatic heterocycles. The number of carbonyl (C=O) groups is 1. The van der Waals surface area contributed by atoms with Crippen LogP contribution in [-0.4, -0.2) is 14.3 Å². The number of ketones is 1. The van der Waals surface area contributed by atoms with Crippen LogP contribution >= 0.6 is 22.6 Å². The van der Waals surface area contributed by atoms with E-state index in [1.165, 1.54) is 0 Å². The van der Waals surface area contributed by atoms with Gasteiger partial charge in [-0.05, 0) is 41.5 Å². The van der Waals surface area contributed by atoms with Gasteiger partial charge in [0, 0.05) is 14.4 Å². The number of alkyl halides is 1. The van der Waals surface area contributed by atoms with E-state index < -0.39 is 5.41 Å². The Hall–Kier alpha value is -0.580. The Balaban J connectivity index is 3.39. The second-order valence-corrected chi connectivity index (χ2v) is 11.3. The monoisotopic (exact) mass is 430 g/mol. The fourth-order valence-electron chi connectivity index (χ4n) is 3.21. The van der Waals surface area contributed by atoms with E-state index >= 15 is 0 Å². The summed E-state index contributed by atoms with van der Waals surface area (Å²) in [4.78, 5) is 13.1. The number of Topliss-reactive ketones (excluding diaryl/α,β-unsaturated/α-hetero) is 1. The molecule has 2 nitrogen and oxygen atoms in total. The van der Waals surface area contributed by atoms with Crippen molar-refractivity contribution in [2.24, 2.45) is 5.41 Å². The van der Waals surface area contributed by atoms with Crippen molar-refractivity contribution in [2.75, 3.05) is 0 Å². The second kappa shape index (κ2) is 7.12. The maximum atomic E-state index is 13.1. The molecule has 0 heterocycles. The predicted octanol–water partition coefficient (Wildman–Crippen LogP) is 6.45. The van der Waals surface area contributed by atoms with Gasteiger partial charge in [0.25, 0.3) is 0 Å². The minimum absolute atomic E-state index is 0.0651. The first kappa shape index (κ1) is 20.5. The summed E-state index contributed by atoms with van der Waals surface area (Å²) in [5.74, 6) is 0.873. The molecule has 0 saturated carbocycles. The van der Waals surface area contributed by atoms with Gasteiger partial charge in [0.2, 0.25) is 0 Å². The van der Waals surface area contributed by atoms with Gasteiger partial charge in [-0.3, -0.25) is 4.79 Å². The van der Waals surface area contributed by atoms with E-state index in [4.69, 9.17) is 0 Å². The SMILES string of the molecule is CC(C)c1cc(C(=O)C(C)(C)CC(C)(C)I)cc(C(C)C)c1O. The quantitative estimate of drug-likeness (QED) is 0.320. The summed E-state index contributed by atoms with van der Waals surface area (Å²) in [5, 5.41) is 10.5. The Kier molecular flexibility index (Phi) is 6.33. The van der Waals surface area contributed by atoms with E-state index in [0.29, 0.717) is 5.75 Å². The zero-order chi connectivity index (χ0) is 18.2. The number of benzene rings is 1. The molecule has 0 fully saturated rings. The number of hydrogen-bond acceptors (Lipinski definition) is 2. The smallest absolute Gasteiger partial charge is 0.168 e. The van der Waals surface area contributed by atoms with Gasteiger partial charge in [-0.1, -0.05) is 78.0 Å². The fraction of sp³-hybridized carbons (Fsp3) is 0.650. The van der Waals surface area contributed by atoms with E-state index in [-0.39, 0.29) is 21.0 Å². The molecule has 0 radical (unpaired) electrons. The lowest BCUT2D eigenvalue weighted by Crippen LogP contribution is -2.31. The Bertz CT molecular complexity index is 549. The maximum Gasteiger partial charge on any atom is 0.168 e. The summed E-state index contributed by atoms with van der Waals surface area (Å²) in [7, 11) is 0. The minimum Gasteiger partial charge on any atom is -0.507 e. The number of rotatable bonds is 6. The number of aromatic hydroxyl groups is 1. The molecule has 1 aromatic carbocycles. The Morgan fingerprint density at radius 2 is 1.43 bits per heavy atom. The number of halogens is 1. The molecular weight excluding hydrogens is 399 g/mol. The molecule has 0 saturated heterocycles. The number of phenols is 1. The predicted molar refractivity (Wildman–Crippen MR) is 107 cm³/mol. The first-order chi connectivity index (χ1) is 10.3. The van der Waals surface area contributed by atoms with Gasteiger partial charge in [0.05, 0.1) is 0 Å². The molecule has 1 rings (SSSR count). The lowest BCUT2D eigenvalue weighted by atomic mass is 9.76. The van der Waals surface area contributed by atoms with E-state index in [1.54, 1.807) is 0 Å². The van der Waals surface area contributed by atoms with E-state index in [1.807, 2.05) is 53.7 Å². The molecule has 0 bridgehead atoms. The molecule has 0 aliphatic carbocycles. The van der Waals surface area contributed by atoms with Gasteiger partial charge in [-0.2, -0.15) is 0 Å². The summed E-state index contributed by atoms with van der Waals surface area (Å²) < 4.78 is 0.0651. The van der Waals surface area contributed by atoms with E-state index in [0.717, 1.165) is 23.1 Å². The van der Waals surface area contributed by atoms with Gasteiger partial charge in [0.1, 0.15) is 5.75 Å². The lowest BCUT2D eigenvalue weighted by Gasteiger charge is -2.30. The zero-order valence-corrected chi connectivity index (χ0v) is 17.9. The number of hydrogen-bond donors (Lipinski definition) is 1. The van der Waals surface area contributed by atoms with Crippen LogP contribution in [0.2, 0.25) is 0 Å². The van der Waals surface area contributed by atoms with Crippen LogP contribution in [0.1, 0.15) is 95.1 Å². The molecule has 0 amide bonds. The number of phenolic OH excluding ortho intramolecular Hbond substituents is 1. The van der Waals surface area contributed by atoms with Crippen molar-refractivity contribution in [1.82, 2.24) is 0 Å². The van der Waals surface area contributed by atoms with Gasteiger partial charge >= 0.3 is 0 Å². The standard InChI is InChI=1S/C20H31IO2/c1-12(2)15-9-14(10-16(13(3)4)17(15)22)18(23)19(5,6)11-20(7,8)21/h9-10,12-13,22H,11H2,1-8H3. The van der Waals surface area contributed by atoms with Gasteiger partial charge in [-0.25, -0.2) is 0 Å². The summed E-state index contributed by atoms with van der Waals surface area (Å²) in [6.07, 6.45) is 0.814. The van der Waals surface area contributed by atoms with Gasteiger partial charge in [-0.15, -0.1) is 0 Å². The van der Waals surface area contributed by atoms with E-state index in [9.17, 15) is 9.90 Å². The Labute approximate surface area is 155 Å². The van der Waals surface area contributed by atoms with E-state index in [2.05, 4.69) is 36.4 Å². The largest absolute Gasteiger partial charge is 0.507 e. The zero-order valence-electron chi connectivity index (χ0n) is 15.7. The fourth-order valence-corrected chi connectivity index (χ4v) is 4.17.